The minimum atomic E-state index is -3.77. The van der Waals surface area contributed by atoms with Gasteiger partial charge in [0.1, 0.15) is 0 Å². The van der Waals surface area contributed by atoms with E-state index in [0.29, 0.717) is 0 Å². The zero-order valence-corrected chi connectivity index (χ0v) is 8.70. The van der Waals surface area contributed by atoms with Gasteiger partial charge in [-0.25, -0.2) is 4.79 Å². The number of hydrogen-bond donors (Lipinski definition) is 1. The van der Waals surface area contributed by atoms with Gasteiger partial charge < -0.3 is 6.53 Å². The second-order valence-corrected chi connectivity index (χ2v) is 1.80. The van der Waals surface area contributed by atoms with Crippen molar-refractivity contribution in [2.24, 2.45) is 0 Å². The van der Waals surface area contributed by atoms with Crippen LogP contribution in [0.1, 0.15) is 1.43 Å². The zero-order valence-electron chi connectivity index (χ0n) is 4.99. The van der Waals surface area contributed by atoms with Crippen molar-refractivity contribution in [3.63, 3.8) is 0 Å². The Balaban J connectivity index is -0.000000180. The number of aliphatic carboxylic acids is 1. The molecule has 6 heteroatoms. The number of carbonyl (C=O) groups is 1. The van der Waals surface area contributed by atoms with E-state index >= 15 is 0 Å². The number of halogens is 3. The summed E-state index contributed by atoms with van der Waals surface area (Å²) >= 11 is 1.61. The fraction of sp³-hybridized carbons (Fsp3) is 0.500. The van der Waals surface area contributed by atoms with Crippen molar-refractivity contribution in [3.8, 4) is 0 Å². The Labute approximate surface area is 96.7 Å². The van der Waals surface area contributed by atoms with Gasteiger partial charge in [-0.1, -0.05) is 0 Å². The molecule has 0 radical (unpaired) electrons. The first-order valence-corrected chi connectivity index (χ1v) is 2.04. The van der Waals surface area contributed by atoms with Crippen LogP contribution in [-0.4, -0.2) is 15.9 Å². The molecule has 0 saturated carbocycles. The third-order valence-electron chi connectivity index (χ3n) is 0.243. The minimum absolute atomic E-state index is 0. The fourth-order valence-corrected chi connectivity index (χ4v) is 0. The van der Waals surface area contributed by atoms with Crippen LogP contribution in [0.2, 0.25) is 0 Å². The topological polar surface area (TPSA) is 37.3 Å². The minimum Gasteiger partial charge on any atom is -1.00 e. The van der Waals surface area contributed by atoms with Crippen molar-refractivity contribution < 1.29 is 71.5 Å². The summed E-state index contributed by atoms with van der Waals surface area (Å²) in [6.07, 6.45) is 0. The third kappa shape index (κ3) is 5.58. The molecule has 0 aliphatic heterocycles. The SMILES string of the molecule is O=C(O)C(F)(F)Br.[H-].[K+]. The molecule has 0 unspecified atom stereocenters. The maximum atomic E-state index is 11.2. The maximum Gasteiger partial charge on any atom is 1.00 e. The van der Waals surface area contributed by atoms with E-state index in [-0.39, 0.29) is 52.8 Å². The van der Waals surface area contributed by atoms with Crippen molar-refractivity contribution in [1.29, 1.82) is 0 Å². The fourth-order valence-electron chi connectivity index (χ4n) is 0. The smallest absolute Gasteiger partial charge is 1.00 e. The van der Waals surface area contributed by atoms with Crippen LogP contribution in [0, 0.1) is 0 Å². The van der Waals surface area contributed by atoms with Crippen LogP contribution in [0.15, 0.2) is 0 Å². The Hall–Kier alpha value is 1.45. The Morgan fingerprint density at radius 1 is 1.75 bits per heavy atom. The predicted molar refractivity (Wildman–Crippen MR) is 22.6 cm³/mol. The second kappa shape index (κ2) is 4.29. The second-order valence-electron chi connectivity index (χ2n) is 0.803. The Bertz CT molecular complexity index is 95.1. The van der Waals surface area contributed by atoms with E-state index in [1.807, 2.05) is 0 Å². The number of carboxylic acid groups (broad SMARTS) is 1. The van der Waals surface area contributed by atoms with Crippen LogP contribution < -0.4 is 51.4 Å². The van der Waals surface area contributed by atoms with Crippen LogP contribution in [0.25, 0.3) is 0 Å². The number of alkyl halides is 3. The Morgan fingerprint density at radius 3 is 1.88 bits per heavy atom. The molecule has 0 saturated heterocycles. The standard InChI is InChI=1S/C2HBrF2O2.K.H/c3-2(4,5)1(6)7;;/h(H,6,7);;/q;+1;-1. The maximum absolute atomic E-state index is 11.2. The van der Waals surface area contributed by atoms with Crippen molar-refractivity contribution in [2.45, 2.75) is 4.83 Å². The number of rotatable bonds is 1. The number of hydrogen-bond acceptors (Lipinski definition) is 1. The summed E-state index contributed by atoms with van der Waals surface area (Å²) in [5, 5.41) is 7.45. The monoisotopic (exact) mass is 214 g/mol. The van der Waals surface area contributed by atoms with Gasteiger partial charge in [-0.05, 0) is 0 Å². The van der Waals surface area contributed by atoms with Crippen molar-refractivity contribution in [3.05, 3.63) is 0 Å². The van der Waals surface area contributed by atoms with Gasteiger partial charge in [0.05, 0.1) is 0 Å². The molecule has 44 valence electrons. The Kier molecular flexibility index (Phi) is 6.52. The average molecular weight is 215 g/mol. The van der Waals surface area contributed by atoms with Crippen LogP contribution in [0.3, 0.4) is 0 Å². The summed E-state index contributed by atoms with van der Waals surface area (Å²) in [6.45, 7) is 0. The van der Waals surface area contributed by atoms with Crippen molar-refractivity contribution >= 4 is 21.9 Å². The first-order valence-electron chi connectivity index (χ1n) is 1.24. The van der Waals surface area contributed by atoms with Gasteiger partial charge in [0.15, 0.2) is 0 Å². The van der Waals surface area contributed by atoms with E-state index in [9.17, 15) is 13.6 Å². The normalized spacial score (nSPS) is 9.88. The summed E-state index contributed by atoms with van der Waals surface area (Å²) < 4.78 is 22.3. The summed E-state index contributed by atoms with van der Waals surface area (Å²) in [4.78, 5) is 5.45. The molecule has 0 aromatic rings. The predicted octanol–water partition coefficient (Wildman–Crippen LogP) is -1.82. The molecule has 0 spiro atoms. The van der Waals surface area contributed by atoms with Gasteiger partial charge in [-0.2, -0.15) is 8.78 Å². The van der Waals surface area contributed by atoms with Gasteiger partial charge in [0, 0.05) is 15.9 Å². The molecule has 0 aliphatic carbocycles. The van der Waals surface area contributed by atoms with Crippen LogP contribution in [0.5, 0.6) is 0 Å². The summed E-state index contributed by atoms with van der Waals surface area (Å²) in [5.41, 5.74) is 0. The van der Waals surface area contributed by atoms with E-state index < -0.39 is 10.8 Å². The molecule has 0 atom stereocenters. The molecule has 8 heavy (non-hydrogen) atoms. The van der Waals surface area contributed by atoms with Gasteiger partial charge in [-0.15, -0.1) is 0 Å². The Morgan fingerprint density at radius 2 is 1.88 bits per heavy atom. The van der Waals surface area contributed by atoms with Gasteiger partial charge in [-0.3, -0.25) is 0 Å². The summed E-state index contributed by atoms with van der Waals surface area (Å²) in [6, 6.07) is 0. The molecular formula is C2H2BrF2KO2. The van der Waals surface area contributed by atoms with E-state index in [1.54, 1.807) is 15.9 Å². The van der Waals surface area contributed by atoms with E-state index in [2.05, 4.69) is 0 Å². The van der Waals surface area contributed by atoms with Gasteiger partial charge >= 0.3 is 62.2 Å². The molecule has 0 aromatic heterocycles. The molecule has 0 bridgehead atoms. The molecule has 0 aromatic carbocycles. The van der Waals surface area contributed by atoms with E-state index in [0.717, 1.165) is 0 Å². The first-order chi connectivity index (χ1) is 2.94. The summed E-state index contributed by atoms with van der Waals surface area (Å²) in [5.74, 6) is -2.17. The van der Waals surface area contributed by atoms with Gasteiger partial charge in [0.25, 0.3) is 0 Å². The number of carboxylic acids is 1. The molecule has 1 N–H and O–H groups in total. The zero-order chi connectivity index (χ0) is 6.08. The van der Waals surface area contributed by atoms with Gasteiger partial charge in [0.2, 0.25) is 0 Å². The van der Waals surface area contributed by atoms with Crippen molar-refractivity contribution in [2.75, 3.05) is 0 Å². The molecule has 0 amide bonds. The van der Waals surface area contributed by atoms with E-state index in [1.165, 1.54) is 0 Å². The average Bonchev–Trinajstić information content (AvgIpc) is 1.31. The third-order valence-corrected chi connectivity index (χ3v) is 0.582. The van der Waals surface area contributed by atoms with Crippen molar-refractivity contribution in [1.82, 2.24) is 0 Å². The molecule has 2 nitrogen and oxygen atoms in total. The quantitative estimate of drug-likeness (QED) is 0.413. The molecular weight excluding hydrogens is 213 g/mol. The first kappa shape index (κ1) is 12.2. The summed E-state index contributed by atoms with van der Waals surface area (Å²) in [7, 11) is 0. The molecule has 0 heterocycles. The van der Waals surface area contributed by atoms with Crippen LogP contribution in [-0.2, 0) is 4.79 Å². The molecule has 0 fully saturated rings. The van der Waals surface area contributed by atoms with E-state index in [4.69, 9.17) is 5.11 Å². The molecule has 0 rings (SSSR count). The molecule has 0 aliphatic rings. The van der Waals surface area contributed by atoms with Crippen LogP contribution in [0.4, 0.5) is 8.78 Å². The van der Waals surface area contributed by atoms with Crippen LogP contribution >= 0.6 is 15.9 Å². The largest absolute Gasteiger partial charge is 1.00 e.